The second kappa shape index (κ2) is 6.85. The lowest BCUT2D eigenvalue weighted by Gasteiger charge is -1.98. The predicted octanol–water partition coefficient (Wildman–Crippen LogP) is 0.737. The summed E-state index contributed by atoms with van der Waals surface area (Å²) in [7, 11) is 0. The first kappa shape index (κ1) is 12.5. The summed E-state index contributed by atoms with van der Waals surface area (Å²) in [5.41, 5.74) is 11.0. The summed E-state index contributed by atoms with van der Waals surface area (Å²) in [5.74, 6) is 10.2. The van der Waals surface area contributed by atoms with Crippen LogP contribution in [0.15, 0.2) is 23.6 Å². The number of pyridine rings is 1. The first-order valence-corrected chi connectivity index (χ1v) is 4.73. The molecule has 0 spiro atoms. The minimum Gasteiger partial charge on any atom is -0.290 e. The van der Waals surface area contributed by atoms with Crippen LogP contribution in [0.1, 0.15) is 22.3 Å². The predicted molar refractivity (Wildman–Crippen MR) is 61.4 cm³/mol. The van der Waals surface area contributed by atoms with Crippen LogP contribution in [0.2, 0.25) is 0 Å². The lowest BCUT2D eigenvalue weighted by molar-refractivity contribution is 0.0953. The average molecular weight is 230 g/mol. The fourth-order valence-corrected chi connectivity index (χ4v) is 1.03. The number of rotatable bonds is 3. The molecule has 0 radical (unpaired) electrons. The molecule has 0 aliphatic heterocycles. The molecule has 0 saturated carbocycles. The zero-order valence-corrected chi connectivity index (χ0v) is 8.92. The Kier molecular flexibility index (Phi) is 5.04. The Bertz CT molecular complexity index is 509. The number of nitrogens with two attached hydrogens (primary N) is 1. The number of nitrogens with zero attached hydrogens (tertiary/aromatic N) is 4. The number of amides is 1. The quantitative estimate of drug-likeness (QED) is 0.116. The third kappa shape index (κ3) is 4.22. The van der Waals surface area contributed by atoms with Crippen LogP contribution in [-0.2, 0) is 0 Å². The molecule has 0 aliphatic rings. The van der Waals surface area contributed by atoms with Crippen molar-refractivity contribution in [2.75, 3.05) is 6.54 Å². The molecular weight excluding hydrogens is 220 g/mol. The minimum atomic E-state index is -0.421. The molecule has 0 aromatic carbocycles. The molecule has 7 nitrogen and oxygen atoms in total. The van der Waals surface area contributed by atoms with Crippen molar-refractivity contribution in [3.05, 3.63) is 40.0 Å². The fraction of sp³-hybridized carbons (Fsp3) is 0.200. The molecule has 3 N–H and O–H groups in total. The van der Waals surface area contributed by atoms with Crippen molar-refractivity contribution >= 4 is 5.91 Å². The lowest BCUT2D eigenvalue weighted by atomic mass is 10.2. The van der Waals surface area contributed by atoms with E-state index < -0.39 is 5.91 Å². The number of nitrogen functional groups attached to an aromatic ring is 1. The van der Waals surface area contributed by atoms with Crippen LogP contribution in [0.3, 0.4) is 0 Å². The van der Waals surface area contributed by atoms with Crippen LogP contribution in [0.25, 0.3) is 10.4 Å². The van der Waals surface area contributed by atoms with Gasteiger partial charge in [0, 0.05) is 35.8 Å². The van der Waals surface area contributed by atoms with Crippen molar-refractivity contribution in [2.45, 2.75) is 6.42 Å². The van der Waals surface area contributed by atoms with Crippen LogP contribution in [0.4, 0.5) is 0 Å². The average Bonchev–Trinajstić information content (AvgIpc) is 2.38. The SMILES string of the molecule is [N-]=[N+]=NCCC#Cc1cncc(C(=O)NN)c1. The van der Waals surface area contributed by atoms with Crippen LogP contribution in [0.5, 0.6) is 0 Å². The van der Waals surface area contributed by atoms with E-state index in [2.05, 4.69) is 26.9 Å². The normalized spacial score (nSPS) is 8.53. The van der Waals surface area contributed by atoms with Crippen molar-refractivity contribution in [2.24, 2.45) is 11.0 Å². The molecule has 86 valence electrons. The van der Waals surface area contributed by atoms with Gasteiger partial charge in [-0.15, -0.1) is 0 Å². The number of carbonyl (C=O) groups is 1. The van der Waals surface area contributed by atoms with Gasteiger partial charge in [0.15, 0.2) is 0 Å². The Morgan fingerprint density at radius 3 is 3.18 bits per heavy atom. The molecule has 7 heteroatoms. The maximum atomic E-state index is 11.2. The first-order valence-electron chi connectivity index (χ1n) is 4.73. The monoisotopic (exact) mass is 230 g/mol. The van der Waals surface area contributed by atoms with Crippen molar-refractivity contribution in [1.82, 2.24) is 10.4 Å². The standard InChI is InChI=1S/C10H10N6O/c11-15-10(17)9-5-8(6-13-7-9)3-1-2-4-14-16-12/h5-7H,2,4,11H2,(H,15,17). The number of hydrazine groups is 1. The molecule has 1 aromatic rings. The summed E-state index contributed by atoms with van der Waals surface area (Å²) in [5, 5.41) is 3.34. The molecule has 1 amide bonds. The molecule has 0 fully saturated rings. The van der Waals surface area contributed by atoms with Crippen molar-refractivity contribution in [1.29, 1.82) is 0 Å². The zero-order chi connectivity index (χ0) is 12.5. The molecule has 0 unspecified atom stereocenters. The van der Waals surface area contributed by atoms with Gasteiger partial charge in [-0.2, -0.15) is 0 Å². The lowest BCUT2D eigenvalue weighted by Crippen LogP contribution is -2.30. The van der Waals surface area contributed by atoms with E-state index in [1.165, 1.54) is 12.4 Å². The van der Waals surface area contributed by atoms with E-state index in [0.717, 1.165) is 0 Å². The largest absolute Gasteiger partial charge is 0.290 e. The zero-order valence-electron chi connectivity index (χ0n) is 8.92. The minimum absolute atomic E-state index is 0.319. The van der Waals surface area contributed by atoms with Gasteiger partial charge in [-0.3, -0.25) is 15.2 Å². The van der Waals surface area contributed by atoms with Crippen LogP contribution in [-0.4, -0.2) is 17.4 Å². The van der Waals surface area contributed by atoms with E-state index in [9.17, 15) is 4.79 Å². The molecule has 1 aromatic heterocycles. The molecule has 0 aliphatic carbocycles. The Morgan fingerprint density at radius 1 is 1.65 bits per heavy atom. The van der Waals surface area contributed by atoms with Crippen molar-refractivity contribution in [3.63, 3.8) is 0 Å². The van der Waals surface area contributed by atoms with E-state index in [1.54, 1.807) is 6.07 Å². The van der Waals surface area contributed by atoms with Gasteiger partial charge in [-0.25, -0.2) is 5.84 Å². The summed E-state index contributed by atoms with van der Waals surface area (Å²) in [6.45, 7) is 0.319. The van der Waals surface area contributed by atoms with Crippen LogP contribution < -0.4 is 11.3 Å². The summed E-state index contributed by atoms with van der Waals surface area (Å²) in [4.78, 5) is 17.7. The van der Waals surface area contributed by atoms with Gasteiger partial charge in [-0.05, 0) is 11.6 Å². The molecule has 0 saturated heterocycles. The smallest absolute Gasteiger partial charge is 0.266 e. The highest BCUT2D eigenvalue weighted by atomic mass is 16.2. The maximum absolute atomic E-state index is 11.2. The van der Waals surface area contributed by atoms with Crippen molar-refractivity contribution in [3.8, 4) is 11.8 Å². The number of hydrogen-bond donors (Lipinski definition) is 2. The highest BCUT2D eigenvalue weighted by Crippen LogP contribution is 2.00. The summed E-state index contributed by atoms with van der Waals surface area (Å²) >= 11 is 0. The Labute approximate surface area is 97.6 Å². The Balaban J connectivity index is 2.71. The summed E-state index contributed by atoms with van der Waals surface area (Å²) in [6.07, 6.45) is 3.39. The van der Waals surface area contributed by atoms with E-state index in [1.807, 2.05) is 5.43 Å². The third-order valence-electron chi connectivity index (χ3n) is 1.76. The van der Waals surface area contributed by atoms with E-state index in [0.29, 0.717) is 24.1 Å². The number of nitrogens with one attached hydrogen (secondary N) is 1. The topological polar surface area (TPSA) is 117 Å². The summed E-state index contributed by atoms with van der Waals surface area (Å²) < 4.78 is 0. The maximum Gasteiger partial charge on any atom is 0.266 e. The number of aromatic nitrogens is 1. The van der Waals surface area contributed by atoms with Gasteiger partial charge in [-0.1, -0.05) is 17.0 Å². The van der Waals surface area contributed by atoms with E-state index in [4.69, 9.17) is 11.4 Å². The molecule has 17 heavy (non-hydrogen) atoms. The number of azide groups is 1. The highest BCUT2D eigenvalue weighted by Gasteiger charge is 2.03. The molecule has 0 bridgehead atoms. The molecule has 0 atom stereocenters. The van der Waals surface area contributed by atoms with Gasteiger partial charge < -0.3 is 0 Å². The van der Waals surface area contributed by atoms with Gasteiger partial charge in [0.05, 0.1) is 5.56 Å². The fourth-order valence-electron chi connectivity index (χ4n) is 1.03. The van der Waals surface area contributed by atoms with Gasteiger partial charge in [0.2, 0.25) is 0 Å². The molecule has 1 heterocycles. The molecular formula is C10H10N6O. The first-order chi connectivity index (χ1) is 8.27. The Hall–Kier alpha value is -2.55. The van der Waals surface area contributed by atoms with Crippen LogP contribution in [0, 0.1) is 11.8 Å². The second-order valence-electron chi connectivity index (χ2n) is 2.94. The van der Waals surface area contributed by atoms with Crippen LogP contribution >= 0.6 is 0 Å². The molecule has 1 rings (SSSR count). The summed E-state index contributed by atoms with van der Waals surface area (Å²) in [6, 6.07) is 1.58. The number of carbonyl (C=O) groups excluding carboxylic acids is 1. The van der Waals surface area contributed by atoms with E-state index in [-0.39, 0.29) is 0 Å². The van der Waals surface area contributed by atoms with Gasteiger partial charge in [0.25, 0.3) is 5.91 Å². The highest BCUT2D eigenvalue weighted by molar-refractivity contribution is 5.93. The number of hydrogen-bond acceptors (Lipinski definition) is 4. The van der Waals surface area contributed by atoms with Crippen molar-refractivity contribution < 1.29 is 4.79 Å². The second-order valence-corrected chi connectivity index (χ2v) is 2.94. The van der Waals surface area contributed by atoms with Gasteiger partial charge in [0.1, 0.15) is 0 Å². The third-order valence-corrected chi connectivity index (χ3v) is 1.76. The van der Waals surface area contributed by atoms with Gasteiger partial charge >= 0.3 is 0 Å². The van der Waals surface area contributed by atoms with E-state index >= 15 is 0 Å². The Morgan fingerprint density at radius 2 is 2.47 bits per heavy atom.